The number of aliphatic hydroxyl groups is 1. The van der Waals surface area contributed by atoms with Gasteiger partial charge in [0.1, 0.15) is 0 Å². The number of likely N-dealkylation sites (tertiary alicyclic amines) is 1. The number of carbonyl (C=O) groups is 2. The lowest BCUT2D eigenvalue weighted by molar-refractivity contribution is -0.116. The highest BCUT2D eigenvalue weighted by Crippen LogP contribution is 2.19. The molecule has 23 heavy (non-hydrogen) atoms. The van der Waals surface area contributed by atoms with Crippen molar-refractivity contribution in [1.29, 1.82) is 0 Å². The summed E-state index contributed by atoms with van der Waals surface area (Å²) in [6.07, 6.45) is 4.23. The molecule has 0 spiro atoms. The second-order valence-electron chi connectivity index (χ2n) is 6.17. The highest BCUT2D eigenvalue weighted by Gasteiger charge is 2.24. The summed E-state index contributed by atoms with van der Waals surface area (Å²) in [4.78, 5) is 26.2. The van der Waals surface area contributed by atoms with Gasteiger partial charge in [-0.15, -0.1) is 0 Å². The minimum atomic E-state index is -0.0344. The Kier molecular flexibility index (Phi) is 6.59. The molecule has 2 rings (SSSR count). The van der Waals surface area contributed by atoms with Crippen LogP contribution in [0.5, 0.6) is 0 Å². The zero-order valence-electron chi connectivity index (χ0n) is 13.8. The molecule has 1 fully saturated rings. The van der Waals surface area contributed by atoms with Crippen molar-refractivity contribution >= 4 is 17.5 Å². The number of piperidine rings is 1. The van der Waals surface area contributed by atoms with Crippen LogP contribution in [0.15, 0.2) is 24.3 Å². The number of nitrogens with one attached hydrogen (secondary N) is 1. The Morgan fingerprint density at radius 2 is 2.22 bits per heavy atom. The van der Waals surface area contributed by atoms with Crippen LogP contribution in [0.2, 0.25) is 0 Å². The van der Waals surface area contributed by atoms with Crippen LogP contribution in [-0.2, 0) is 4.79 Å². The summed E-state index contributed by atoms with van der Waals surface area (Å²) in [5.41, 5.74) is 1.24. The third-order valence-corrected chi connectivity index (χ3v) is 4.22. The lowest BCUT2D eigenvalue weighted by Gasteiger charge is -2.32. The minimum Gasteiger partial charge on any atom is -0.396 e. The van der Waals surface area contributed by atoms with Crippen molar-refractivity contribution in [1.82, 2.24) is 4.90 Å². The average Bonchev–Trinajstić information content (AvgIpc) is 2.59. The molecule has 0 radical (unpaired) electrons. The number of benzene rings is 1. The quantitative estimate of drug-likeness (QED) is 0.847. The first-order valence-corrected chi connectivity index (χ1v) is 8.44. The molecule has 5 heteroatoms. The third kappa shape index (κ3) is 5.06. The summed E-state index contributed by atoms with van der Waals surface area (Å²) in [5, 5.41) is 12.1. The molecule has 126 valence electrons. The van der Waals surface area contributed by atoms with Gasteiger partial charge in [-0.1, -0.05) is 19.4 Å². The fourth-order valence-electron chi connectivity index (χ4n) is 2.87. The van der Waals surface area contributed by atoms with Crippen molar-refractivity contribution in [2.24, 2.45) is 5.92 Å². The van der Waals surface area contributed by atoms with Gasteiger partial charge in [0.15, 0.2) is 0 Å². The van der Waals surface area contributed by atoms with E-state index in [0.29, 0.717) is 24.2 Å². The summed E-state index contributed by atoms with van der Waals surface area (Å²) < 4.78 is 0. The third-order valence-electron chi connectivity index (χ3n) is 4.22. The van der Waals surface area contributed by atoms with E-state index in [9.17, 15) is 14.7 Å². The highest BCUT2D eigenvalue weighted by molar-refractivity contribution is 5.97. The molecule has 1 aromatic carbocycles. The van der Waals surface area contributed by atoms with E-state index < -0.39 is 0 Å². The Balaban J connectivity index is 2.01. The zero-order chi connectivity index (χ0) is 16.7. The van der Waals surface area contributed by atoms with Gasteiger partial charge >= 0.3 is 0 Å². The fourth-order valence-corrected chi connectivity index (χ4v) is 2.87. The van der Waals surface area contributed by atoms with E-state index in [2.05, 4.69) is 5.32 Å². The van der Waals surface area contributed by atoms with Gasteiger partial charge in [0.25, 0.3) is 5.91 Å². The first kappa shape index (κ1) is 17.5. The molecule has 1 atom stereocenters. The molecule has 0 aliphatic carbocycles. The van der Waals surface area contributed by atoms with Gasteiger partial charge in [-0.05, 0) is 43.4 Å². The number of anilines is 1. The Hall–Kier alpha value is -1.88. The van der Waals surface area contributed by atoms with Crippen LogP contribution in [0.25, 0.3) is 0 Å². The molecule has 2 amide bonds. The number of unbranched alkanes of at least 4 members (excludes halogenated alkanes) is 1. The van der Waals surface area contributed by atoms with Crippen LogP contribution in [-0.4, -0.2) is 41.5 Å². The Labute approximate surface area is 137 Å². The Bertz CT molecular complexity index is 545. The lowest BCUT2D eigenvalue weighted by Crippen LogP contribution is -2.40. The molecule has 1 aromatic rings. The summed E-state index contributed by atoms with van der Waals surface area (Å²) in [6, 6.07) is 7.09. The van der Waals surface area contributed by atoms with E-state index in [0.717, 1.165) is 32.2 Å². The molecule has 5 nitrogen and oxygen atoms in total. The van der Waals surface area contributed by atoms with Crippen molar-refractivity contribution in [2.75, 3.05) is 25.0 Å². The predicted molar refractivity (Wildman–Crippen MR) is 90.3 cm³/mol. The van der Waals surface area contributed by atoms with Crippen LogP contribution in [0.4, 0.5) is 5.69 Å². The molecule has 0 saturated carbocycles. The van der Waals surface area contributed by atoms with Crippen molar-refractivity contribution in [3.8, 4) is 0 Å². The van der Waals surface area contributed by atoms with Crippen LogP contribution < -0.4 is 5.32 Å². The minimum absolute atomic E-state index is 0.0187. The van der Waals surface area contributed by atoms with Crippen molar-refractivity contribution < 1.29 is 14.7 Å². The topological polar surface area (TPSA) is 69.6 Å². The van der Waals surface area contributed by atoms with Crippen LogP contribution in [0, 0.1) is 5.92 Å². The van der Waals surface area contributed by atoms with Gasteiger partial charge in [-0.25, -0.2) is 0 Å². The number of nitrogens with zero attached hydrogens (tertiary/aromatic N) is 1. The van der Waals surface area contributed by atoms with Gasteiger partial charge in [0.05, 0.1) is 0 Å². The molecule has 1 heterocycles. The van der Waals surface area contributed by atoms with Crippen molar-refractivity contribution in [3.63, 3.8) is 0 Å². The predicted octanol–water partition coefficient (Wildman–Crippen LogP) is 2.66. The van der Waals surface area contributed by atoms with E-state index in [1.54, 1.807) is 29.2 Å². The number of amides is 2. The number of carbonyl (C=O) groups excluding carboxylic acids is 2. The van der Waals surface area contributed by atoms with E-state index in [4.69, 9.17) is 0 Å². The van der Waals surface area contributed by atoms with Crippen LogP contribution >= 0.6 is 0 Å². The summed E-state index contributed by atoms with van der Waals surface area (Å²) in [7, 11) is 0. The lowest BCUT2D eigenvalue weighted by atomic mass is 9.98. The standard InChI is InChI=1S/C18H26N2O3/c1-2-3-9-17(22)19-16-8-4-7-15(11-16)18(23)20-10-5-6-14(12-20)13-21/h4,7-8,11,14,21H,2-3,5-6,9-10,12-13H2,1H3,(H,19,22). The van der Waals surface area contributed by atoms with Gasteiger partial charge in [0, 0.05) is 37.4 Å². The van der Waals surface area contributed by atoms with Gasteiger partial charge in [0.2, 0.25) is 5.91 Å². The maximum atomic E-state index is 12.6. The molecule has 0 aromatic heterocycles. The van der Waals surface area contributed by atoms with Crippen molar-refractivity contribution in [3.05, 3.63) is 29.8 Å². The van der Waals surface area contributed by atoms with Gasteiger partial charge in [-0.2, -0.15) is 0 Å². The second-order valence-corrected chi connectivity index (χ2v) is 6.17. The Morgan fingerprint density at radius 3 is 2.96 bits per heavy atom. The van der Waals surface area contributed by atoms with Gasteiger partial charge in [-0.3, -0.25) is 9.59 Å². The van der Waals surface area contributed by atoms with Crippen molar-refractivity contribution in [2.45, 2.75) is 39.0 Å². The van der Waals surface area contributed by atoms with E-state index in [1.165, 1.54) is 0 Å². The first-order valence-electron chi connectivity index (χ1n) is 8.44. The van der Waals surface area contributed by atoms with Gasteiger partial charge < -0.3 is 15.3 Å². The smallest absolute Gasteiger partial charge is 0.253 e. The molecule has 2 N–H and O–H groups in total. The first-order chi connectivity index (χ1) is 11.1. The highest BCUT2D eigenvalue weighted by atomic mass is 16.3. The SMILES string of the molecule is CCCCC(=O)Nc1cccc(C(=O)N2CCCC(CO)C2)c1. The largest absolute Gasteiger partial charge is 0.396 e. The Morgan fingerprint density at radius 1 is 1.39 bits per heavy atom. The summed E-state index contributed by atoms with van der Waals surface area (Å²) in [5.74, 6) is 0.118. The molecule has 0 bridgehead atoms. The van der Waals surface area contributed by atoms with E-state index in [-0.39, 0.29) is 24.3 Å². The molecule has 1 unspecified atom stereocenters. The normalized spacial score (nSPS) is 17.8. The van der Waals surface area contributed by atoms with E-state index in [1.807, 2.05) is 6.92 Å². The molecule has 1 aliphatic heterocycles. The maximum Gasteiger partial charge on any atom is 0.253 e. The number of rotatable bonds is 6. The molecular weight excluding hydrogens is 292 g/mol. The summed E-state index contributed by atoms with van der Waals surface area (Å²) in [6.45, 7) is 3.49. The molecule has 1 saturated heterocycles. The molecule has 1 aliphatic rings. The van der Waals surface area contributed by atoms with E-state index >= 15 is 0 Å². The van der Waals surface area contributed by atoms with Crippen LogP contribution in [0.1, 0.15) is 49.4 Å². The maximum absolute atomic E-state index is 12.6. The molecular formula is C18H26N2O3. The number of aliphatic hydroxyl groups excluding tert-OH is 1. The fraction of sp³-hybridized carbons (Fsp3) is 0.556. The monoisotopic (exact) mass is 318 g/mol. The number of hydrogen-bond acceptors (Lipinski definition) is 3. The zero-order valence-corrected chi connectivity index (χ0v) is 13.8. The number of hydrogen-bond donors (Lipinski definition) is 2. The van der Waals surface area contributed by atoms with Crippen LogP contribution in [0.3, 0.4) is 0 Å². The summed E-state index contributed by atoms with van der Waals surface area (Å²) >= 11 is 0. The average molecular weight is 318 g/mol. The second kappa shape index (κ2) is 8.67.